The number of ether oxygens (including phenoxy) is 1. The van der Waals surface area contributed by atoms with Crippen LogP contribution in [0.25, 0.3) is 5.57 Å². The van der Waals surface area contributed by atoms with Gasteiger partial charge in [-0.25, -0.2) is 4.79 Å². The molecular formula is C29H24N2O4. The van der Waals surface area contributed by atoms with Gasteiger partial charge < -0.3 is 19.6 Å². The van der Waals surface area contributed by atoms with Crippen LogP contribution in [-0.2, 0) is 16.1 Å². The second kappa shape index (κ2) is 8.47. The normalized spacial score (nSPS) is 19.3. The number of anilines is 2. The highest BCUT2D eigenvalue weighted by molar-refractivity contribution is 6.34. The minimum atomic E-state index is -0.635. The molecule has 0 radical (unpaired) electrons. The SMILES string of the molecule is O=C(O/C=C1\C=C2C(=O)N(Cc3ccccc3)c3cccc(c32)N2CCCC12)c1ccccc1O. The van der Waals surface area contributed by atoms with E-state index in [-0.39, 0.29) is 23.3 Å². The molecule has 0 saturated carbocycles. The van der Waals surface area contributed by atoms with Crippen molar-refractivity contribution in [2.75, 3.05) is 16.3 Å². The number of nitrogens with zero attached hydrogens (tertiary/aromatic N) is 2. The molecule has 6 nitrogen and oxygen atoms in total. The van der Waals surface area contributed by atoms with Gasteiger partial charge in [-0.3, -0.25) is 4.79 Å². The van der Waals surface area contributed by atoms with Crippen molar-refractivity contribution in [3.05, 3.63) is 107 Å². The Labute approximate surface area is 203 Å². The Hall–Kier alpha value is -4.32. The van der Waals surface area contributed by atoms with Gasteiger partial charge in [-0.15, -0.1) is 0 Å². The summed E-state index contributed by atoms with van der Waals surface area (Å²) in [6.07, 6.45) is 5.23. The van der Waals surface area contributed by atoms with E-state index in [9.17, 15) is 14.7 Å². The number of benzene rings is 3. The van der Waals surface area contributed by atoms with Crippen LogP contribution in [0.4, 0.5) is 11.4 Å². The van der Waals surface area contributed by atoms with Crippen molar-refractivity contribution in [2.45, 2.75) is 25.4 Å². The van der Waals surface area contributed by atoms with Crippen LogP contribution in [0, 0.1) is 0 Å². The quantitative estimate of drug-likeness (QED) is 0.432. The molecule has 1 atom stereocenters. The predicted molar refractivity (Wildman–Crippen MR) is 134 cm³/mol. The first kappa shape index (κ1) is 21.2. The summed E-state index contributed by atoms with van der Waals surface area (Å²) in [5, 5.41) is 10.0. The number of carbonyl (C=O) groups is 2. The molecule has 3 aliphatic rings. The van der Waals surface area contributed by atoms with E-state index in [0.29, 0.717) is 12.1 Å². The van der Waals surface area contributed by atoms with Crippen molar-refractivity contribution in [1.82, 2.24) is 0 Å². The highest BCUT2D eigenvalue weighted by atomic mass is 16.5. The summed E-state index contributed by atoms with van der Waals surface area (Å²) in [7, 11) is 0. The van der Waals surface area contributed by atoms with E-state index in [0.717, 1.165) is 47.5 Å². The lowest BCUT2D eigenvalue weighted by atomic mass is 10.0. The van der Waals surface area contributed by atoms with Crippen LogP contribution in [0.15, 0.2) is 90.7 Å². The maximum atomic E-state index is 13.7. The van der Waals surface area contributed by atoms with Crippen molar-refractivity contribution in [3.8, 4) is 5.75 Å². The summed E-state index contributed by atoms with van der Waals surface area (Å²) in [6.45, 7) is 1.35. The Bertz CT molecular complexity index is 1390. The highest BCUT2D eigenvalue weighted by Gasteiger charge is 2.41. The number of aromatic hydroxyl groups is 1. The highest BCUT2D eigenvalue weighted by Crippen LogP contribution is 2.48. The van der Waals surface area contributed by atoms with E-state index in [1.165, 1.54) is 18.4 Å². The molecule has 6 rings (SSSR count). The van der Waals surface area contributed by atoms with E-state index in [4.69, 9.17) is 4.74 Å². The first-order valence-corrected chi connectivity index (χ1v) is 11.8. The lowest BCUT2D eigenvalue weighted by Crippen LogP contribution is -2.31. The number of hydrogen-bond acceptors (Lipinski definition) is 5. The van der Waals surface area contributed by atoms with Gasteiger partial charge >= 0.3 is 5.97 Å². The number of phenolic OH excluding ortho intramolecular Hbond substituents is 1. The fourth-order valence-electron chi connectivity index (χ4n) is 5.30. The van der Waals surface area contributed by atoms with Crippen molar-refractivity contribution in [3.63, 3.8) is 0 Å². The molecule has 0 aromatic heterocycles. The molecule has 1 saturated heterocycles. The molecule has 0 bridgehead atoms. The Morgan fingerprint density at radius 1 is 1.00 bits per heavy atom. The second-order valence-corrected chi connectivity index (χ2v) is 9.00. The molecule has 1 N–H and O–H groups in total. The van der Waals surface area contributed by atoms with Crippen LogP contribution in [0.5, 0.6) is 5.75 Å². The Balaban J connectivity index is 1.40. The van der Waals surface area contributed by atoms with Crippen molar-refractivity contribution in [2.24, 2.45) is 0 Å². The molecule has 3 heterocycles. The topological polar surface area (TPSA) is 70.1 Å². The number of rotatable bonds is 4. The first-order valence-electron chi connectivity index (χ1n) is 11.8. The predicted octanol–water partition coefficient (Wildman–Crippen LogP) is 5.05. The summed E-state index contributed by atoms with van der Waals surface area (Å²) in [5.41, 5.74) is 5.43. The van der Waals surface area contributed by atoms with Gasteiger partial charge in [0.25, 0.3) is 5.91 Å². The van der Waals surface area contributed by atoms with E-state index in [2.05, 4.69) is 11.0 Å². The summed E-state index contributed by atoms with van der Waals surface area (Å²) < 4.78 is 5.52. The van der Waals surface area contributed by atoms with Crippen molar-refractivity contribution < 1.29 is 19.4 Å². The molecule has 0 aliphatic carbocycles. The maximum Gasteiger partial charge on any atom is 0.346 e. The molecule has 35 heavy (non-hydrogen) atoms. The van der Waals surface area contributed by atoms with Crippen molar-refractivity contribution >= 4 is 28.8 Å². The van der Waals surface area contributed by atoms with E-state index < -0.39 is 5.97 Å². The Morgan fingerprint density at radius 3 is 2.60 bits per heavy atom. The fourth-order valence-corrected chi connectivity index (χ4v) is 5.30. The molecule has 1 unspecified atom stereocenters. The monoisotopic (exact) mass is 464 g/mol. The van der Waals surface area contributed by atoms with Crippen LogP contribution in [0.2, 0.25) is 0 Å². The Morgan fingerprint density at radius 2 is 1.77 bits per heavy atom. The van der Waals surface area contributed by atoms with Crippen LogP contribution < -0.4 is 9.80 Å². The minimum Gasteiger partial charge on any atom is -0.507 e. The zero-order chi connectivity index (χ0) is 23.9. The van der Waals surface area contributed by atoms with Crippen molar-refractivity contribution in [1.29, 1.82) is 0 Å². The summed E-state index contributed by atoms with van der Waals surface area (Å²) in [4.78, 5) is 30.5. The average molecular weight is 465 g/mol. The van der Waals surface area contributed by atoms with Crippen LogP contribution in [0.1, 0.15) is 34.3 Å². The number of carbonyl (C=O) groups excluding carboxylic acids is 2. The molecule has 3 aromatic carbocycles. The molecule has 6 heteroatoms. The molecular weight excluding hydrogens is 440 g/mol. The number of esters is 1. The van der Waals surface area contributed by atoms with Crippen LogP contribution in [-0.4, -0.2) is 29.6 Å². The van der Waals surface area contributed by atoms with E-state index >= 15 is 0 Å². The van der Waals surface area contributed by atoms with E-state index in [1.807, 2.05) is 53.4 Å². The van der Waals surface area contributed by atoms with Gasteiger partial charge in [-0.1, -0.05) is 48.5 Å². The van der Waals surface area contributed by atoms with Gasteiger partial charge in [-0.05, 0) is 48.7 Å². The lowest BCUT2D eigenvalue weighted by molar-refractivity contribution is -0.113. The third kappa shape index (κ3) is 3.58. The fraction of sp³-hybridized carbons (Fsp3) is 0.172. The summed E-state index contributed by atoms with van der Waals surface area (Å²) in [6, 6.07) is 22.3. The van der Waals surface area contributed by atoms with Gasteiger partial charge in [0.2, 0.25) is 0 Å². The second-order valence-electron chi connectivity index (χ2n) is 9.00. The maximum absolute atomic E-state index is 13.7. The average Bonchev–Trinajstić information content (AvgIpc) is 3.43. The zero-order valence-electron chi connectivity index (χ0n) is 19.1. The smallest absolute Gasteiger partial charge is 0.346 e. The lowest BCUT2D eigenvalue weighted by Gasteiger charge is -2.28. The third-order valence-electron chi connectivity index (χ3n) is 6.92. The number of para-hydroxylation sites is 1. The van der Waals surface area contributed by atoms with E-state index in [1.54, 1.807) is 12.1 Å². The van der Waals surface area contributed by atoms with Gasteiger partial charge in [0, 0.05) is 23.4 Å². The largest absolute Gasteiger partial charge is 0.507 e. The first-order chi connectivity index (χ1) is 17.1. The zero-order valence-corrected chi connectivity index (χ0v) is 19.1. The standard InChI is InChI=1S/C29H24N2O4/c32-26-14-5-4-10-21(26)29(34)35-18-20-16-22-27-24(30-15-7-13-23(20)30)11-6-12-25(27)31(28(22)33)17-19-8-2-1-3-9-19/h1-6,8-12,14,16,18,23,32H,7,13,15,17H2/b20-18+. The minimum absolute atomic E-state index is 0.00661. The molecule has 3 aromatic rings. The molecule has 3 aliphatic heterocycles. The van der Waals surface area contributed by atoms with Gasteiger partial charge in [0.05, 0.1) is 23.8 Å². The number of fused-ring (bicyclic) bond motifs is 2. The van der Waals surface area contributed by atoms with Gasteiger partial charge in [-0.2, -0.15) is 0 Å². The van der Waals surface area contributed by atoms with Crippen LogP contribution >= 0.6 is 0 Å². The molecule has 1 amide bonds. The molecule has 1 fully saturated rings. The summed E-state index contributed by atoms with van der Waals surface area (Å²) >= 11 is 0. The number of amides is 1. The third-order valence-corrected chi connectivity index (χ3v) is 6.92. The molecule has 174 valence electrons. The number of phenols is 1. The number of hydrogen-bond donors (Lipinski definition) is 1. The molecule has 0 spiro atoms. The van der Waals surface area contributed by atoms with Crippen LogP contribution in [0.3, 0.4) is 0 Å². The van der Waals surface area contributed by atoms with Gasteiger partial charge in [0.1, 0.15) is 17.6 Å². The Kier molecular flexibility index (Phi) is 5.14. The summed E-state index contributed by atoms with van der Waals surface area (Å²) in [5.74, 6) is -0.822. The van der Waals surface area contributed by atoms with Gasteiger partial charge in [0.15, 0.2) is 0 Å².